The Hall–Kier alpha value is -0.160. The van der Waals surface area contributed by atoms with Crippen molar-refractivity contribution in [2.45, 2.75) is 51.3 Å². The van der Waals surface area contributed by atoms with Crippen LogP contribution in [0.2, 0.25) is 0 Å². The molecule has 114 valence electrons. The normalized spacial score (nSPS) is 11.5. The summed E-state index contributed by atoms with van der Waals surface area (Å²) in [7, 11) is 0. The van der Waals surface area contributed by atoms with Gasteiger partial charge in [0.2, 0.25) is 0 Å². The van der Waals surface area contributed by atoms with Crippen molar-refractivity contribution in [3.05, 3.63) is 35.4 Å². The van der Waals surface area contributed by atoms with Crippen molar-refractivity contribution in [2.24, 2.45) is 0 Å². The van der Waals surface area contributed by atoms with E-state index in [1.54, 1.807) is 0 Å². The predicted molar refractivity (Wildman–Crippen MR) is 95.3 cm³/mol. The molecule has 0 amide bonds. The molecule has 4 heteroatoms. The third-order valence-corrected chi connectivity index (χ3v) is 4.59. The molecule has 0 radical (unpaired) electrons. The Kier molecular flexibility index (Phi) is 9.44. The van der Waals surface area contributed by atoms with Crippen LogP contribution in [0.25, 0.3) is 0 Å². The molecule has 2 N–H and O–H groups in total. The van der Waals surface area contributed by atoms with Crippen molar-refractivity contribution in [3.8, 4) is 0 Å². The molecule has 20 heavy (non-hydrogen) atoms. The summed E-state index contributed by atoms with van der Waals surface area (Å²) in [6.07, 6.45) is 0. The van der Waals surface area contributed by atoms with Crippen molar-refractivity contribution >= 4 is 23.5 Å². The average molecular weight is 313 g/mol. The first-order chi connectivity index (χ1) is 9.59. The van der Waals surface area contributed by atoms with Crippen LogP contribution in [0.5, 0.6) is 0 Å². The number of benzene rings is 1. The first-order valence-electron chi connectivity index (χ1n) is 7.28. The van der Waals surface area contributed by atoms with Gasteiger partial charge in [0.1, 0.15) is 0 Å². The Bertz CT molecular complexity index is 332. The van der Waals surface area contributed by atoms with Crippen LogP contribution in [0.15, 0.2) is 24.3 Å². The number of thioether (sulfide) groups is 2. The maximum atomic E-state index is 3.45. The van der Waals surface area contributed by atoms with Crippen molar-refractivity contribution in [3.63, 3.8) is 0 Å². The Balaban J connectivity index is 2.34. The molecule has 0 atom stereocenters. The average Bonchev–Trinajstić information content (AvgIpc) is 2.40. The SMILES string of the molecule is CC(C)NCSCc1ccccc1CSCNC(C)C. The first kappa shape index (κ1) is 17.9. The minimum absolute atomic E-state index is 0.565. The van der Waals surface area contributed by atoms with Gasteiger partial charge in [-0.3, -0.25) is 0 Å². The molecule has 0 saturated heterocycles. The van der Waals surface area contributed by atoms with Crippen LogP contribution >= 0.6 is 23.5 Å². The highest BCUT2D eigenvalue weighted by Crippen LogP contribution is 2.20. The summed E-state index contributed by atoms with van der Waals surface area (Å²) in [5.41, 5.74) is 2.94. The fraction of sp³-hybridized carbons (Fsp3) is 0.625. The van der Waals surface area contributed by atoms with E-state index in [1.807, 2.05) is 23.5 Å². The molecule has 1 aromatic rings. The molecule has 0 saturated carbocycles. The van der Waals surface area contributed by atoms with E-state index >= 15 is 0 Å². The van der Waals surface area contributed by atoms with E-state index in [1.165, 1.54) is 11.1 Å². The second-order valence-electron chi connectivity index (χ2n) is 5.47. The molecule has 0 spiro atoms. The third kappa shape index (κ3) is 8.20. The predicted octanol–water partition coefficient (Wildman–Crippen LogP) is 4.06. The molecule has 1 aromatic carbocycles. The minimum Gasteiger partial charge on any atom is -0.306 e. The molecule has 0 bridgehead atoms. The zero-order valence-corrected chi connectivity index (χ0v) is 14.7. The van der Waals surface area contributed by atoms with Crippen LogP contribution < -0.4 is 10.6 Å². The molecule has 0 aliphatic heterocycles. The lowest BCUT2D eigenvalue weighted by molar-refractivity contribution is 0.654. The van der Waals surface area contributed by atoms with Crippen LogP contribution in [0.1, 0.15) is 38.8 Å². The van der Waals surface area contributed by atoms with Crippen LogP contribution in [-0.4, -0.2) is 23.8 Å². The first-order valence-corrected chi connectivity index (χ1v) is 9.59. The standard InChI is InChI=1S/C16H28N2S2/c1-13(2)17-11-19-9-15-7-5-6-8-16(15)10-20-12-18-14(3)4/h5-8,13-14,17-18H,9-12H2,1-4H3. The van der Waals surface area contributed by atoms with Crippen molar-refractivity contribution in [1.29, 1.82) is 0 Å². The van der Waals surface area contributed by atoms with Crippen LogP contribution in [-0.2, 0) is 11.5 Å². The van der Waals surface area contributed by atoms with E-state index in [-0.39, 0.29) is 0 Å². The number of hydrogen-bond donors (Lipinski definition) is 2. The molecule has 0 fully saturated rings. The highest BCUT2D eigenvalue weighted by Gasteiger charge is 2.03. The molecule has 0 aromatic heterocycles. The minimum atomic E-state index is 0.565. The van der Waals surface area contributed by atoms with Gasteiger partial charge in [0.15, 0.2) is 0 Å². The largest absolute Gasteiger partial charge is 0.306 e. The van der Waals surface area contributed by atoms with Gasteiger partial charge in [-0.15, -0.1) is 23.5 Å². The quantitative estimate of drug-likeness (QED) is 0.502. The van der Waals surface area contributed by atoms with Gasteiger partial charge in [-0.25, -0.2) is 0 Å². The Morgan fingerprint density at radius 3 is 1.55 bits per heavy atom. The van der Waals surface area contributed by atoms with Gasteiger partial charge < -0.3 is 10.6 Å². The van der Waals surface area contributed by atoms with Gasteiger partial charge in [0, 0.05) is 35.3 Å². The molecule has 0 aliphatic rings. The molecule has 1 rings (SSSR count). The van der Waals surface area contributed by atoms with Crippen LogP contribution in [0.3, 0.4) is 0 Å². The van der Waals surface area contributed by atoms with E-state index in [2.05, 4.69) is 62.6 Å². The Morgan fingerprint density at radius 2 is 1.20 bits per heavy atom. The van der Waals surface area contributed by atoms with Crippen molar-refractivity contribution in [2.75, 3.05) is 11.8 Å². The fourth-order valence-electron chi connectivity index (χ4n) is 1.61. The van der Waals surface area contributed by atoms with Gasteiger partial charge in [-0.05, 0) is 11.1 Å². The fourth-order valence-corrected chi connectivity index (χ4v) is 3.72. The molecular weight excluding hydrogens is 284 g/mol. The lowest BCUT2D eigenvalue weighted by Crippen LogP contribution is -2.22. The van der Waals surface area contributed by atoms with Crippen LogP contribution in [0, 0.1) is 0 Å². The summed E-state index contributed by atoms with van der Waals surface area (Å²) in [5, 5.41) is 6.90. The number of rotatable bonds is 10. The Labute approximate surface area is 132 Å². The van der Waals surface area contributed by atoms with Gasteiger partial charge in [0.05, 0.1) is 0 Å². The summed E-state index contributed by atoms with van der Waals surface area (Å²) in [4.78, 5) is 0. The van der Waals surface area contributed by atoms with Gasteiger partial charge in [0.25, 0.3) is 0 Å². The number of nitrogens with one attached hydrogen (secondary N) is 2. The van der Waals surface area contributed by atoms with Crippen molar-refractivity contribution in [1.82, 2.24) is 10.6 Å². The highest BCUT2D eigenvalue weighted by molar-refractivity contribution is 7.98. The highest BCUT2D eigenvalue weighted by atomic mass is 32.2. The topological polar surface area (TPSA) is 24.1 Å². The summed E-state index contributed by atoms with van der Waals surface area (Å²) in [5.74, 6) is 4.23. The molecule has 2 nitrogen and oxygen atoms in total. The van der Waals surface area contributed by atoms with E-state index in [0.717, 1.165) is 23.3 Å². The van der Waals surface area contributed by atoms with E-state index in [4.69, 9.17) is 0 Å². The monoisotopic (exact) mass is 312 g/mol. The van der Waals surface area contributed by atoms with E-state index in [0.29, 0.717) is 12.1 Å². The van der Waals surface area contributed by atoms with Crippen LogP contribution in [0.4, 0.5) is 0 Å². The lowest BCUT2D eigenvalue weighted by atomic mass is 10.1. The molecule has 0 aliphatic carbocycles. The second-order valence-corrected chi connectivity index (χ2v) is 7.44. The summed E-state index contributed by atoms with van der Waals surface area (Å²) < 4.78 is 0. The summed E-state index contributed by atoms with van der Waals surface area (Å²) in [6, 6.07) is 9.94. The van der Waals surface area contributed by atoms with Crippen molar-refractivity contribution < 1.29 is 0 Å². The Morgan fingerprint density at radius 1 is 0.800 bits per heavy atom. The smallest absolute Gasteiger partial charge is 0.0423 e. The number of hydrogen-bond acceptors (Lipinski definition) is 4. The van der Waals surface area contributed by atoms with E-state index in [9.17, 15) is 0 Å². The maximum Gasteiger partial charge on any atom is 0.0423 e. The van der Waals surface area contributed by atoms with Gasteiger partial charge >= 0.3 is 0 Å². The lowest BCUT2D eigenvalue weighted by Gasteiger charge is -2.12. The molecule has 0 heterocycles. The second kappa shape index (κ2) is 10.6. The third-order valence-electron chi connectivity index (χ3n) is 2.82. The summed E-state index contributed by atoms with van der Waals surface area (Å²) >= 11 is 3.91. The molecule has 0 unspecified atom stereocenters. The van der Waals surface area contributed by atoms with Gasteiger partial charge in [-0.2, -0.15) is 0 Å². The van der Waals surface area contributed by atoms with E-state index < -0.39 is 0 Å². The summed E-state index contributed by atoms with van der Waals surface area (Å²) in [6.45, 7) is 8.75. The molecular formula is C16H28N2S2. The van der Waals surface area contributed by atoms with Gasteiger partial charge in [-0.1, -0.05) is 52.0 Å². The zero-order valence-electron chi connectivity index (χ0n) is 13.1. The zero-order chi connectivity index (χ0) is 14.8. The maximum absolute atomic E-state index is 3.45.